The van der Waals surface area contributed by atoms with Crippen molar-refractivity contribution in [3.8, 4) is 23.0 Å². The molecule has 30 heavy (non-hydrogen) atoms. The monoisotopic (exact) mass is 418 g/mol. The predicted octanol–water partition coefficient (Wildman–Crippen LogP) is 3.91. The van der Waals surface area contributed by atoms with Crippen molar-refractivity contribution >= 4 is 11.6 Å². The molecule has 2 aliphatic heterocycles. The lowest BCUT2D eigenvalue weighted by atomic mass is 9.84. The maximum absolute atomic E-state index is 13.2. The number of nitrogens with zero attached hydrogens (tertiary/aromatic N) is 2. The Labute approximate surface area is 171 Å². The van der Waals surface area contributed by atoms with E-state index in [0.29, 0.717) is 23.8 Å². The summed E-state index contributed by atoms with van der Waals surface area (Å²) in [6.45, 7) is 4.26. The first kappa shape index (κ1) is 19.9. The Morgan fingerprint density at radius 1 is 1.03 bits per heavy atom. The summed E-state index contributed by atoms with van der Waals surface area (Å²) in [5, 5.41) is 5.85. The Hall–Kier alpha value is -3.36. The molecule has 7 nitrogen and oxygen atoms in total. The number of alkyl halides is 2. The lowest BCUT2D eigenvalue weighted by Crippen LogP contribution is -2.31. The van der Waals surface area contributed by atoms with Gasteiger partial charge in [0, 0.05) is 16.5 Å². The van der Waals surface area contributed by atoms with Gasteiger partial charge in [-0.3, -0.25) is 4.79 Å². The van der Waals surface area contributed by atoms with Gasteiger partial charge in [0.05, 0.1) is 26.5 Å². The fraction of sp³-hybridized carbons (Fsp3) is 0.333. The second-order valence-corrected chi connectivity index (χ2v) is 7.59. The van der Waals surface area contributed by atoms with Gasteiger partial charge in [-0.1, -0.05) is 13.8 Å². The van der Waals surface area contributed by atoms with E-state index in [1.54, 1.807) is 26.4 Å². The van der Waals surface area contributed by atoms with Gasteiger partial charge in [-0.15, -0.1) is 8.78 Å². The molecule has 0 spiro atoms. The van der Waals surface area contributed by atoms with Gasteiger partial charge < -0.3 is 18.9 Å². The third kappa shape index (κ3) is 3.40. The van der Waals surface area contributed by atoms with E-state index in [-0.39, 0.29) is 17.1 Å². The van der Waals surface area contributed by atoms with Crippen LogP contribution in [0.1, 0.15) is 29.8 Å². The van der Waals surface area contributed by atoms with E-state index in [0.717, 1.165) is 5.56 Å². The summed E-state index contributed by atoms with van der Waals surface area (Å²) in [6, 6.07) is 9.34. The van der Waals surface area contributed by atoms with Crippen molar-refractivity contribution in [3.05, 3.63) is 47.5 Å². The molecule has 2 aromatic rings. The Morgan fingerprint density at radius 3 is 2.43 bits per heavy atom. The number of methoxy groups -OCH3 is 2. The Morgan fingerprint density at radius 2 is 1.73 bits per heavy atom. The molecule has 0 bridgehead atoms. The zero-order valence-corrected chi connectivity index (χ0v) is 16.9. The number of hydrogen-bond donors (Lipinski definition) is 0. The van der Waals surface area contributed by atoms with Crippen LogP contribution in [0, 0.1) is 5.41 Å². The lowest BCUT2D eigenvalue weighted by Gasteiger charge is -2.21. The van der Waals surface area contributed by atoms with Crippen LogP contribution in [0.25, 0.3) is 0 Å². The number of ether oxygens (including phenoxy) is 4. The molecule has 0 aliphatic carbocycles. The van der Waals surface area contributed by atoms with Crippen LogP contribution in [0.3, 0.4) is 0 Å². The van der Waals surface area contributed by atoms with Gasteiger partial charge in [0.1, 0.15) is 0 Å². The summed E-state index contributed by atoms with van der Waals surface area (Å²) in [5.41, 5.74) is 1.21. The molecule has 4 rings (SSSR count). The normalized spacial score (nSPS) is 18.2. The lowest BCUT2D eigenvalue weighted by molar-refractivity contribution is -0.286. The first-order chi connectivity index (χ1) is 14.1. The molecule has 2 heterocycles. The molecular weight excluding hydrogens is 398 g/mol. The van der Waals surface area contributed by atoms with Crippen LogP contribution in [0.5, 0.6) is 23.0 Å². The molecule has 0 aromatic heterocycles. The predicted molar refractivity (Wildman–Crippen MR) is 104 cm³/mol. The average Bonchev–Trinajstić information content (AvgIpc) is 3.19. The van der Waals surface area contributed by atoms with Crippen molar-refractivity contribution in [2.45, 2.75) is 20.1 Å². The maximum atomic E-state index is 13.2. The molecule has 0 saturated carbocycles. The van der Waals surface area contributed by atoms with Crippen LogP contribution in [-0.2, 0) is 0 Å². The molecule has 9 heteroatoms. The Kier molecular flexibility index (Phi) is 4.56. The summed E-state index contributed by atoms with van der Waals surface area (Å²) < 4.78 is 45.9. The summed E-state index contributed by atoms with van der Waals surface area (Å²) in [5.74, 6) is 0.402. The minimum absolute atomic E-state index is 0.118. The van der Waals surface area contributed by atoms with Crippen molar-refractivity contribution in [1.29, 1.82) is 0 Å². The van der Waals surface area contributed by atoms with Gasteiger partial charge in [0.15, 0.2) is 23.0 Å². The zero-order valence-electron chi connectivity index (χ0n) is 16.9. The zero-order chi connectivity index (χ0) is 21.7. The summed E-state index contributed by atoms with van der Waals surface area (Å²) in [4.78, 5) is 13.0. The number of carbonyl (C=O) groups is 1. The summed E-state index contributed by atoms with van der Waals surface area (Å²) >= 11 is 0. The van der Waals surface area contributed by atoms with E-state index in [4.69, 9.17) is 9.47 Å². The quantitative estimate of drug-likeness (QED) is 0.753. The number of amides is 1. The molecular formula is C21H20F2N2O5. The maximum Gasteiger partial charge on any atom is 0.586 e. The van der Waals surface area contributed by atoms with Gasteiger partial charge in [0.2, 0.25) is 0 Å². The third-order valence-electron chi connectivity index (χ3n) is 4.95. The first-order valence-corrected chi connectivity index (χ1v) is 9.17. The number of carbonyl (C=O) groups excluding carboxylic acids is 1. The Balaban J connectivity index is 1.64. The van der Waals surface area contributed by atoms with E-state index < -0.39 is 17.6 Å². The minimum atomic E-state index is -3.74. The largest absolute Gasteiger partial charge is 0.586 e. The minimum Gasteiger partial charge on any atom is -0.493 e. The highest BCUT2D eigenvalue weighted by atomic mass is 19.3. The van der Waals surface area contributed by atoms with Crippen LogP contribution in [0.15, 0.2) is 41.5 Å². The fourth-order valence-electron chi connectivity index (χ4n) is 3.52. The van der Waals surface area contributed by atoms with Crippen LogP contribution in [0.2, 0.25) is 0 Å². The molecule has 2 aliphatic rings. The molecule has 158 valence electrons. The topological polar surface area (TPSA) is 69.6 Å². The van der Waals surface area contributed by atoms with Crippen LogP contribution in [-0.4, -0.2) is 43.7 Å². The second kappa shape index (κ2) is 6.86. The third-order valence-corrected chi connectivity index (χ3v) is 4.95. The molecule has 0 fully saturated rings. The van der Waals surface area contributed by atoms with Crippen molar-refractivity contribution in [1.82, 2.24) is 5.01 Å². The summed E-state index contributed by atoms with van der Waals surface area (Å²) in [7, 11) is 3.10. The van der Waals surface area contributed by atoms with E-state index >= 15 is 0 Å². The number of hydrogen-bond acceptors (Lipinski definition) is 6. The number of benzene rings is 2. The van der Waals surface area contributed by atoms with Gasteiger partial charge >= 0.3 is 6.29 Å². The number of rotatable bonds is 4. The average molecular weight is 418 g/mol. The smallest absolute Gasteiger partial charge is 0.493 e. The number of hydrazone groups is 1. The van der Waals surface area contributed by atoms with Crippen molar-refractivity contribution in [3.63, 3.8) is 0 Å². The molecule has 0 radical (unpaired) electrons. The highest BCUT2D eigenvalue weighted by Crippen LogP contribution is 2.42. The highest BCUT2D eigenvalue weighted by molar-refractivity contribution is 6.08. The van der Waals surface area contributed by atoms with Gasteiger partial charge in [0.25, 0.3) is 5.91 Å². The van der Waals surface area contributed by atoms with E-state index in [1.165, 1.54) is 23.2 Å². The second-order valence-electron chi connectivity index (χ2n) is 7.59. The highest BCUT2D eigenvalue weighted by Gasteiger charge is 2.44. The molecule has 2 aromatic carbocycles. The number of halogens is 2. The SMILES string of the molecule is COc1ccc(C2=NN(C(=O)c3ccc4c(c3)OC(F)(F)O4)CC2(C)C)cc1OC. The first-order valence-electron chi connectivity index (χ1n) is 9.17. The number of fused-ring (bicyclic) bond motifs is 1. The molecule has 0 unspecified atom stereocenters. The van der Waals surface area contributed by atoms with Gasteiger partial charge in [-0.05, 0) is 36.4 Å². The molecule has 0 atom stereocenters. The fourth-order valence-corrected chi connectivity index (χ4v) is 3.52. The summed E-state index contributed by atoms with van der Waals surface area (Å²) in [6.07, 6.45) is -3.74. The van der Waals surface area contributed by atoms with E-state index in [9.17, 15) is 13.6 Å². The van der Waals surface area contributed by atoms with Crippen molar-refractivity contribution in [2.24, 2.45) is 10.5 Å². The van der Waals surface area contributed by atoms with Gasteiger partial charge in [-0.2, -0.15) is 5.10 Å². The standard InChI is InChI=1S/C21H20F2N2O5/c1-20(2)11-25(24-18(20)12-5-7-14(27-3)16(9-12)28-4)19(26)13-6-8-15-17(10-13)30-21(22,23)29-15/h5-10H,11H2,1-4H3. The van der Waals surface area contributed by atoms with E-state index in [2.05, 4.69) is 14.6 Å². The van der Waals surface area contributed by atoms with Crippen LogP contribution < -0.4 is 18.9 Å². The van der Waals surface area contributed by atoms with Crippen molar-refractivity contribution in [2.75, 3.05) is 20.8 Å². The molecule has 0 N–H and O–H groups in total. The van der Waals surface area contributed by atoms with Crippen LogP contribution >= 0.6 is 0 Å². The van der Waals surface area contributed by atoms with Gasteiger partial charge in [-0.25, -0.2) is 5.01 Å². The van der Waals surface area contributed by atoms with E-state index in [1.807, 2.05) is 19.9 Å². The molecule has 1 amide bonds. The van der Waals surface area contributed by atoms with Crippen molar-refractivity contribution < 1.29 is 32.5 Å². The van der Waals surface area contributed by atoms with Crippen LogP contribution in [0.4, 0.5) is 8.78 Å². The Bertz CT molecular complexity index is 1050. The molecule has 0 saturated heterocycles.